The molecule has 0 aliphatic carbocycles. The van der Waals surface area contributed by atoms with E-state index in [0.717, 1.165) is 0 Å². The first-order valence-electron chi connectivity index (χ1n) is 9.47. The van der Waals surface area contributed by atoms with E-state index >= 15 is 0 Å². The van der Waals surface area contributed by atoms with Gasteiger partial charge in [-0.3, -0.25) is 9.36 Å². The van der Waals surface area contributed by atoms with Crippen molar-refractivity contribution in [3.05, 3.63) is 77.0 Å². The maximum atomic E-state index is 13.1. The van der Waals surface area contributed by atoms with Crippen LogP contribution in [-0.2, 0) is 6.54 Å². The van der Waals surface area contributed by atoms with Crippen LogP contribution in [-0.4, -0.2) is 30.6 Å². The van der Waals surface area contributed by atoms with Crippen LogP contribution in [0.2, 0.25) is 5.02 Å². The van der Waals surface area contributed by atoms with Gasteiger partial charge in [-0.2, -0.15) is 4.98 Å². The number of hydrogen-bond donors (Lipinski definition) is 1. The third-order valence-electron chi connectivity index (χ3n) is 4.48. The van der Waals surface area contributed by atoms with Crippen LogP contribution >= 0.6 is 11.6 Å². The molecule has 0 saturated heterocycles. The Hall–Kier alpha value is -3.59. The second-order valence-corrected chi connectivity index (χ2v) is 7.51. The number of halogens is 2. The number of nitrogens with one attached hydrogen (secondary N) is 1. The fraction of sp³-hybridized carbons (Fsp3) is 0.190. The Kier molecular flexibility index (Phi) is 5.77. The Balaban J connectivity index is 1.48. The first-order chi connectivity index (χ1) is 14.9. The number of pyridine rings is 1. The third-order valence-corrected chi connectivity index (χ3v) is 4.84. The number of amides is 1. The lowest BCUT2D eigenvalue weighted by molar-refractivity contribution is 0.0946. The van der Waals surface area contributed by atoms with Crippen molar-refractivity contribution in [1.82, 2.24) is 30.0 Å². The summed E-state index contributed by atoms with van der Waals surface area (Å²) in [5.41, 5.74) is 1.51. The molecular formula is C21H18ClFN6O2. The Morgan fingerprint density at radius 2 is 2.10 bits per heavy atom. The fourth-order valence-electron chi connectivity index (χ4n) is 2.78. The van der Waals surface area contributed by atoms with E-state index in [1.165, 1.54) is 24.5 Å². The standard InChI is InChI=1S/C21H18ClFN6O2/c1-12(2)19-27-21(31-28-19)13-5-6-24-18(7-13)29-10-17(26-11-29)20(30)25-9-14-3-4-15(23)8-16(14)22/h3-8,10-12H,9H2,1-2H3,(H,25,30). The Labute approximate surface area is 182 Å². The van der Waals surface area contributed by atoms with E-state index in [9.17, 15) is 9.18 Å². The van der Waals surface area contributed by atoms with Gasteiger partial charge in [0.25, 0.3) is 11.8 Å². The smallest absolute Gasteiger partial charge is 0.271 e. The molecule has 4 rings (SSSR count). The number of rotatable bonds is 6. The highest BCUT2D eigenvalue weighted by atomic mass is 35.5. The summed E-state index contributed by atoms with van der Waals surface area (Å²) in [6.45, 7) is 4.11. The summed E-state index contributed by atoms with van der Waals surface area (Å²) in [6.07, 6.45) is 4.65. The van der Waals surface area contributed by atoms with Crippen molar-refractivity contribution in [1.29, 1.82) is 0 Å². The Morgan fingerprint density at radius 1 is 1.26 bits per heavy atom. The van der Waals surface area contributed by atoms with Crippen molar-refractivity contribution in [3.8, 4) is 17.3 Å². The summed E-state index contributed by atoms with van der Waals surface area (Å²) in [4.78, 5) is 25.3. The van der Waals surface area contributed by atoms with Gasteiger partial charge < -0.3 is 9.84 Å². The van der Waals surface area contributed by atoms with Crippen molar-refractivity contribution >= 4 is 17.5 Å². The topological polar surface area (TPSA) is 98.7 Å². The number of benzene rings is 1. The first kappa shape index (κ1) is 20.7. The zero-order chi connectivity index (χ0) is 22.0. The van der Waals surface area contributed by atoms with Crippen molar-refractivity contribution < 1.29 is 13.7 Å². The van der Waals surface area contributed by atoms with Gasteiger partial charge in [0.05, 0.1) is 0 Å². The van der Waals surface area contributed by atoms with E-state index in [1.807, 2.05) is 13.8 Å². The molecule has 0 bridgehead atoms. The highest BCUT2D eigenvalue weighted by Crippen LogP contribution is 2.21. The van der Waals surface area contributed by atoms with Gasteiger partial charge in [-0.15, -0.1) is 0 Å². The molecule has 31 heavy (non-hydrogen) atoms. The zero-order valence-electron chi connectivity index (χ0n) is 16.7. The lowest BCUT2D eigenvalue weighted by Crippen LogP contribution is -2.23. The molecule has 0 spiro atoms. The number of carbonyl (C=O) groups is 1. The lowest BCUT2D eigenvalue weighted by atomic mass is 10.2. The van der Waals surface area contributed by atoms with E-state index < -0.39 is 11.7 Å². The summed E-state index contributed by atoms with van der Waals surface area (Å²) >= 11 is 5.99. The van der Waals surface area contributed by atoms with E-state index in [-0.39, 0.29) is 23.2 Å². The molecule has 8 nitrogen and oxygen atoms in total. The summed E-state index contributed by atoms with van der Waals surface area (Å²) in [5.74, 6) is 0.870. The molecule has 0 unspecified atom stereocenters. The van der Waals surface area contributed by atoms with Gasteiger partial charge in [-0.1, -0.05) is 36.7 Å². The maximum absolute atomic E-state index is 13.1. The number of imidazole rings is 1. The molecule has 1 aromatic carbocycles. The number of nitrogens with zero attached hydrogens (tertiary/aromatic N) is 5. The average Bonchev–Trinajstić information content (AvgIpc) is 3.43. The highest BCUT2D eigenvalue weighted by molar-refractivity contribution is 6.31. The van der Waals surface area contributed by atoms with Crippen LogP contribution in [0.1, 0.15) is 41.6 Å². The minimum atomic E-state index is -0.436. The highest BCUT2D eigenvalue weighted by Gasteiger charge is 2.14. The summed E-state index contributed by atoms with van der Waals surface area (Å²) < 4.78 is 20.1. The van der Waals surface area contributed by atoms with Crippen molar-refractivity contribution in [2.75, 3.05) is 0 Å². The predicted molar refractivity (Wildman–Crippen MR) is 111 cm³/mol. The van der Waals surface area contributed by atoms with Gasteiger partial charge in [0.2, 0.25) is 0 Å². The number of carbonyl (C=O) groups excluding carboxylic acids is 1. The lowest BCUT2D eigenvalue weighted by Gasteiger charge is -2.06. The van der Waals surface area contributed by atoms with Crippen molar-refractivity contribution in [2.45, 2.75) is 26.3 Å². The molecule has 4 aromatic rings. The van der Waals surface area contributed by atoms with Gasteiger partial charge in [0.1, 0.15) is 23.7 Å². The monoisotopic (exact) mass is 440 g/mol. The molecule has 0 fully saturated rings. The molecule has 3 aromatic heterocycles. The van der Waals surface area contributed by atoms with Crippen LogP contribution in [0.5, 0.6) is 0 Å². The second-order valence-electron chi connectivity index (χ2n) is 7.10. The molecular weight excluding hydrogens is 423 g/mol. The van der Waals surface area contributed by atoms with Crippen LogP contribution in [0, 0.1) is 5.82 Å². The Bertz CT molecular complexity index is 1240. The van der Waals surface area contributed by atoms with E-state index in [4.69, 9.17) is 16.1 Å². The van der Waals surface area contributed by atoms with Crippen molar-refractivity contribution in [2.24, 2.45) is 0 Å². The molecule has 0 atom stereocenters. The van der Waals surface area contributed by atoms with Gasteiger partial charge in [-0.05, 0) is 29.8 Å². The second kappa shape index (κ2) is 8.65. The minimum Gasteiger partial charge on any atom is -0.347 e. The molecule has 10 heteroatoms. The van der Waals surface area contributed by atoms with Crippen LogP contribution < -0.4 is 5.32 Å². The molecule has 1 N–H and O–H groups in total. The minimum absolute atomic E-state index is 0.147. The van der Waals surface area contributed by atoms with Crippen LogP contribution in [0.4, 0.5) is 4.39 Å². The van der Waals surface area contributed by atoms with Gasteiger partial charge in [0, 0.05) is 35.4 Å². The first-order valence-corrected chi connectivity index (χ1v) is 9.85. The summed E-state index contributed by atoms with van der Waals surface area (Å²) in [7, 11) is 0. The molecule has 0 aliphatic rings. The largest absolute Gasteiger partial charge is 0.347 e. The van der Waals surface area contributed by atoms with E-state index in [1.54, 1.807) is 29.1 Å². The summed E-state index contributed by atoms with van der Waals surface area (Å²) in [5, 5.41) is 6.93. The quantitative estimate of drug-likeness (QED) is 0.483. The maximum Gasteiger partial charge on any atom is 0.271 e. The van der Waals surface area contributed by atoms with Crippen molar-refractivity contribution in [3.63, 3.8) is 0 Å². The van der Waals surface area contributed by atoms with E-state index in [2.05, 4.69) is 25.4 Å². The van der Waals surface area contributed by atoms with Crippen LogP contribution in [0.3, 0.4) is 0 Å². The van der Waals surface area contributed by atoms with Crippen LogP contribution in [0.25, 0.3) is 17.3 Å². The average molecular weight is 441 g/mol. The van der Waals surface area contributed by atoms with Gasteiger partial charge in [0.15, 0.2) is 5.82 Å². The number of aromatic nitrogens is 5. The molecule has 3 heterocycles. The predicted octanol–water partition coefficient (Wildman–Crippen LogP) is 4.16. The van der Waals surface area contributed by atoms with Gasteiger partial charge in [-0.25, -0.2) is 14.4 Å². The van der Waals surface area contributed by atoms with Crippen LogP contribution in [0.15, 0.2) is 53.6 Å². The summed E-state index contributed by atoms with van der Waals surface area (Å²) in [6, 6.07) is 7.53. The molecule has 158 valence electrons. The molecule has 0 aliphatic heterocycles. The van der Waals surface area contributed by atoms with Gasteiger partial charge >= 0.3 is 0 Å². The third kappa shape index (κ3) is 4.61. The number of hydrogen-bond acceptors (Lipinski definition) is 6. The fourth-order valence-corrected chi connectivity index (χ4v) is 3.01. The molecule has 0 radical (unpaired) electrons. The SMILES string of the molecule is CC(C)c1noc(-c2ccnc(-n3cnc(C(=O)NCc4ccc(F)cc4Cl)c3)c2)n1. The zero-order valence-corrected chi connectivity index (χ0v) is 17.5. The Morgan fingerprint density at radius 3 is 2.84 bits per heavy atom. The van der Waals surface area contributed by atoms with E-state index in [0.29, 0.717) is 28.7 Å². The molecule has 1 amide bonds. The molecule has 0 saturated carbocycles. The normalized spacial score (nSPS) is 11.1.